The van der Waals surface area contributed by atoms with E-state index in [1.165, 1.54) is 0 Å². The Balaban J connectivity index is 2.84. The molecule has 0 fully saturated rings. The zero-order valence-corrected chi connectivity index (χ0v) is 10.9. The van der Waals surface area contributed by atoms with Gasteiger partial charge in [0.2, 0.25) is 5.88 Å². The first-order valence-electron chi connectivity index (χ1n) is 5.05. The van der Waals surface area contributed by atoms with E-state index in [4.69, 9.17) is 10.5 Å². The minimum absolute atomic E-state index is 0.143. The normalized spacial score (nSPS) is 12.9. The zero-order valence-electron chi connectivity index (χ0n) is 9.33. The van der Waals surface area contributed by atoms with Gasteiger partial charge in [-0.3, -0.25) is 0 Å². The van der Waals surface area contributed by atoms with Gasteiger partial charge < -0.3 is 10.5 Å². The van der Waals surface area contributed by atoms with E-state index in [9.17, 15) is 0 Å². The number of halogens is 1. The summed E-state index contributed by atoms with van der Waals surface area (Å²) in [6, 6.07) is 1.94. The first kappa shape index (κ1) is 12.5. The SMILES string of the molecule is CC(C)C(C)Oc1ncc(Br)cc1CN. The predicted octanol–water partition coefficient (Wildman–Crippen LogP) is 2.73. The standard InChI is InChI=1S/C11H17BrN2O/c1-7(2)8(3)15-11-9(5-13)4-10(12)6-14-11/h4,6-8H,5,13H2,1-3H3. The largest absolute Gasteiger partial charge is 0.474 e. The van der Waals surface area contributed by atoms with Gasteiger partial charge in [0.1, 0.15) is 0 Å². The van der Waals surface area contributed by atoms with Gasteiger partial charge in [-0.15, -0.1) is 0 Å². The number of nitrogens with zero attached hydrogens (tertiary/aromatic N) is 1. The maximum absolute atomic E-state index is 5.74. The first-order chi connectivity index (χ1) is 7.04. The second-order valence-electron chi connectivity index (χ2n) is 3.89. The topological polar surface area (TPSA) is 48.1 Å². The van der Waals surface area contributed by atoms with Gasteiger partial charge in [0, 0.05) is 22.8 Å². The molecule has 0 saturated heterocycles. The van der Waals surface area contributed by atoms with E-state index in [1.54, 1.807) is 6.20 Å². The molecule has 1 aromatic rings. The Morgan fingerprint density at radius 2 is 2.13 bits per heavy atom. The molecular weight excluding hydrogens is 256 g/mol. The third-order valence-electron chi connectivity index (χ3n) is 2.35. The van der Waals surface area contributed by atoms with Crippen molar-refractivity contribution in [2.45, 2.75) is 33.4 Å². The van der Waals surface area contributed by atoms with E-state index in [-0.39, 0.29) is 6.10 Å². The molecule has 1 unspecified atom stereocenters. The average molecular weight is 273 g/mol. The summed E-state index contributed by atoms with van der Waals surface area (Å²) in [6.45, 7) is 6.71. The molecule has 4 heteroatoms. The molecule has 84 valence electrons. The van der Waals surface area contributed by atoms with Crippen LogP contribution >= 0.6 is 15.9 Å². The molecule has 1 rings (SSSR count). The Hall–Kier alpha value is -0.610. The van der Waals surface area contributed by atoms with Crippen molar-refractivity contribution in [1.82, 2.24) is 4.98 Å². The Kier molecular flexibility index (Phi) is 4.54. The lowest BCUT2D eigenvalue weighted by atomic mass is 10.1. The second kappa shape index (κ2) is 5.47. The molecule has 0 bridgehead atoms. The van der Waals surface area contributed by atoms with E-state index in [1.807, 2.05) is 13.0 Å². The van der Waals surface area contributed by atoms with E-state index in [2.05, 4.69) is 34.8 Å². The van der Waals surface area contributed by atoms with Crippen LogP contribution in [0.25, 0.3) is 0 Å². The molecule has 0 aliphatic heterocycles. The third kappa shape index (κ3) is 3.47. The van der Waals surface area contributed by atoms with Crippen LogP contribution < -0.4 is 10.5 Å². The summed E-state index contributed by atoms with van der Waals surface area (Å²) in [6.07, 6.45) is 1.87. The third-order valence-corrected chi connectivity index (χ3v) is 2.78. The summed E-state index contributed by atoms with van der Waals surface area (Å²) in [4.78, 5) is 4.22. The Bertz CT molecular complexity index is 328. The molecule has 0 aliphatic carbocycles. The van der Waals surface area contributed by atoms with Gasteiger partial charge in [0.15, 0.2) is 0 Å². The number of hydrogen-bond acceptors (Lipinski definition) is 3. The van der Waals surface area contributed by atoms with Crippen molar-refractivity contribution >= 4 is 15.9 Å². The summed E-state index contributed by atoms with van der Waals surface area (Å²) in [5.41, 5.74) is 6.56. The molecule has 1 heterocycles. The van der Waals surface area contributed by atoms with Gasteiger partial charge in [-0.2, -0.15) is 0 Å². The molecule has 0 amide bonds. The maximum atomic E-state index is 5.74. The van der Waals surface area contributed by atoms with E-state index >= 15 is 0 Å². The average Bonchev–Trinajstić information content (AvgIpc) is 2.20. The highest BCUT2D eigenvalue weighted by molar-refractivity contribution is 9.10. The van der Waals surface area contributed by atoms with Crippen molar-refractivity contribution in [2.75, 3.05) is 0 Å². The molecule has 15 heavy (non-hydrogen) atoms. The van der Waals surface area contributed by atoms with Crippen LogP contribution in [0.15, 0.2) is 16.7 Å². The number of nitrogens with two attached hydrogens (primary N) is 1. The van der Waals surface area contributed by atoms with Gasteiger partial charge in [0.25, 0.3) is 0 Å². The number of hydrogen-bond donors (Lipinski definition) is 1. The molecule has 0 spiro atoms. The molecule has 0 aliphatic rings. The monoisotopic (exact) mass is 272 g/mol. The van der Waals surface area contributed by atoms with E-state index in [0.717, 1.165) is 10.0 Å². The lowest BCUT2D eigenvalue weighted by Crippen LogP contribution is -2.20. The fraction of sp³-hybridized carbons (Fsp3) is 0.545. The van der Waals surface area contributed by atoms with Crippen LogP contribution in [0.1, 0.15) is 26.3 Å². The highest BCUT2D eigenvalue weighted by Crippen LogP contribution is 2.21. The van der Waals surface area contributed by atoms with Crippen molar-refractivity contribution in [3.05, 3.63) is 22.3 Å². The van der Waals surface area contributed by atoms with E-state index < -0.39 is 0 Å². The van der Waals surface area contributed by atoms with Gasteiger partial charge in [-0.25, -0.2) is 4.98 Å². The van der Waals surface area contributed by atoms with Crippen LogP contribution in [0, 0.1) is 5.92 Å². The van der Waals surface area contributed by atoms with Crippen molar-refractivity contribution in [1.29, 1.82) is 0 Å². The Morgan fingerprint density at radius 1 is 1.47 bits per heavy atom. The van der Waals surface area contributed by atoms with Gasteiger partial charge in [0.05, 0.1) is 6.10 Å². The highest BCUT2D eigenvalue weighted by Gasteiger charge is 2.12. The summed E-state index contributed by atoms with van der Waals surface area (Å²) in [5.74, 6) is 1.10. The quantitative estimate of drug-likeness (QED) is 0.917. The maximum Gasteiger partial charge on any atom is 0.218 e. The predicted molar refractivity (Wildman–Crippen MR) is 64.8 cm³/mol. The van der Waals surface area contributed by atoms with Crippen molar-refractivity contribution in [3.8, 4) is 5.88 Å². The minimum atomic E-state index is 0.143. The minimum Gasteiger partial charge on any atom is -0.474 e. The molecule has 0 saturated carbocycles. The van der Waals surface area contributed by atoms with Crippen molar-refractivity contribution in [3.63, 3.8) is 0 Å². The van der Waals surface area contributed by atoms with Crippen LogP contribution in [0.4, 0.5) is 0 Å². The van der Waals surface area contributed by atoms with Gasteiger partial charge in [-0.05, 0) is 34.8 Å². The van der Waals surface area contributed by atoms with Crippen molar-refractivity contribution in [2.24, 2.45) is 11.7 Å². The van der Waals surface area contributed by atoms with E-state index in [0.29, 0.717) is 18.3 Å². The summed E-state index contributed by atoms with van der Waals surface area (Å²) in [5, 5.41) is 0. The fourth-order valence-corrected chi connectivity index (χ4v) is 1.41. The number of pyridine rings is 1. The summed E-state index contributed by atoms with van der Waals surface area (Å²) < 4.78 is 6.66. The molecule has 0 aromatic carbocycles. The highest BCUT2D eigenvalue weighted by atomic mass is 79.9. The number of aromatic nitrogens is 1. The lowest BCUT2D eigenvalue weighted by Gasteiger charge is -2.18. The number of ether oxygens (including phenoxy) is 1. The molecule has 0 radical (unpaired) electrons. The van der Waals surface area contributed by atoms with Crippen LogP contribution in [-0.2, 0) is 6.54 Å². The van der Waals surface area contributed by atoms with Gasteiger partial charge in [-0.1, -0.05) is 13.8 Å². The smallest absolute Gasteiger partial charge is 0.218 e. The van der Waals surface area contributed by atoms with Crippen LogP contribution in [0.2, 0.25) is 0 Å². The summed E-state index contributed by atoms with van der Waals surface area (Å²) >= 11 is 3.36. The fourth-order valence-electron chi connectivity index (χ4n) is 1.03. The second-order valence-corrected chi connectivity index (χ2v) is 4.80. The zero-order chi connectivity index (χ0) is 11.4. The molecule has 3 nitrogen and oxygen atoms in total. The Morgan fingerprint density at radius 3 is 2.67 bits per heavy atom. The van der Waals surface area contributed by atoms with Gasteiger partial charge >= 0.3 is 0 Å². The van der Waals surface area contributed by atoms with Crippen LogP contribution in [0.3, 0.4) is 0 Å². The summed E-state index contributed by atoms with van der Waals surface area (Å²) in [7, 11) is 0. The molecule has 2 N–H and O–H groups in total. The Labute approximate surface area is 99.2 Å². The first-order valence-corrected chi connectivity index (χ1v) is 5.85. The van der Waals surface area contributed by atoms with Crippen molar-refractivity contribution < 1.29 is 4.74 Å². The van der Waals surface area contributed by atoms with Crippen LogP contribution in [-0.4, -0.2) is 11.1 Å². The molecule has 1 aromatic heterocycles. The van der Waals surface area contributed by atoms with Crippen LogP contribution in [0.5, 0.6) is 5.88 Å². The molecule has 1 atom stereocenters. The lowest BCUT2D eigenvalue weighted by molar-refractivity contribution is 0.161. The molecular formula is C11H17BrN2O. The number of rotatable bonds is 4.